The van der Waals surface area contributed by atoms with Crippen molar-refractivity contribution in [2.45, 2.75) is 19.0 Å². The lowest BCUT2D eigenvalue weighted by Crippen LogP contribution is -2.09. The van der Waals surface area contributed by atoms with Gasteiger partial charge in [0.1, 0.15) is 0 Å². The van der Waals surface area contributed by atoms with E-state index in [9.17, 15) is 18.0 Å². The minimum atomic E-state index is -4.42. The van der Waals surface area contributed by atoms with E-state index in [1.807, 2.05) is 0 Å². The Hall–Kier alpha value is -1.82. The molecule has 6 heteroatoms. The molecular formula is C14H15F3O3. The van der Waals surface area contributed by atoms with Crippen LogP contribution in [0.2, 0.25) is 0 Å². The fourth-order valence-corrected chi connectivity index (χ4v) is 1.44. The zero-order valence-electron chi connectivity index (χ0n) is 10.7. The average molecular weight is 288 g/mol. The summed E-state index contributed by atoms with van der Waals surface area (Å²) in [5.41, 5.74) is -0.108. The van der Waals surface area contributed by atoms with Gasteiger partial charge >= 0.3 is 12.1 Å². The van der Waals surface area contributed by atoms with Gasteiger partial charge in [-0.25, -0.2) is 4.79 Å². The van der Waals surface area contributed by atoms with Gasteiger partial charge in [0, 0.05) is 0 Å². The molecule has 0 saturated carbocycles. The van der Waals surface area contributed by atoms with Crippen LogP contribution >= 0.6 is 0 Å². The molecule has 0 aliphatic carbocycles. The normalized spacial score (nSPS) is 11.2. The summed E-state index contributed by atoms with van der Waals surface area (Å²) in [5.74, 6) is -0.673. The second-order valence-corrected chi connectivity index (χ2v) is 4.22. The smallest absolute Gasteiger partial charge is 0.416 e. The van der Waals surface area contributed by atoms with Crippen molar-refractivity contribution in [1.29, 1.82) is 0 Å². The lowest BCUT2D eigenvalue weighted by Gasteiger charge is -2.08. The maximum Gasteiger partial charge on any atom is 0.416 e. The maximum atomic E-state index is 12.3. The zero-order valence-corrected chi connectivity index (χ0v) is 10.7. The second-order valence-electron chi connectivity index (χ2n) is 4.22. The van der Waals surface area contributed by atoms with Crippen LogP contribution in [0.4, 0.5) is 13.2 Å². The van der Waals surface area contributed by atoms with E-state index in [1.165, 1.54) is 0 Å². The van der Waals surface area contributed by atoms with Crippen LogP contribution < -0.4 is 0 Å². The number of rotatable bonds is 6. The largest absolute Gasteiger partial charge is 0.462 e. The Balaban J connectivity index is 2.46. The molecule has 0 spiro atoms. The van der Waals surface area contributed by atoms with Gasteiger partial charge in [-0.2, -0.15) is 13.2 Å². The molecule has 1 N–H and O–H groups in total. The second kappa shape index (κ2) is 7.09. The lowest BCUT2D eigenvalue weighted by atomic mass is 10.1. The van der Waals surface area contributed by atoms with Gasteiger partial charge in [-0.15, -0.1) is 0 Å². The number of hydrogen-bond acceptors (Lipinski definition) is 3. The summed E-state index contributed by atoms with van der Waals surface area (Å²) >= 11 is 0. The highest BCUT2D eigenvalue weighted by Gasteiger charge is 2.30. The molecule has 1 rings (SSSR count). The van der Waals surface area contributed by atoms with Crippen molar-refractivity contribution in [2.24, 2.45) is 0 Å². The molecule has 0 heterocycles. The maximum absolute atomic E-state index is 12.3. The SMILES string of the molecule is C=C(CO)CCCOC(=O)c1ccc(C(F)(F)F)cc1. The molecule has 0 atom stereocenters. The summed E-state index contributed by atoms with van der Waals surface area (Å²) in [6.45, 7) is 3.59. The van der Waals surface area contributed by atoms with Gasteiger partial charge in [0.25, 0.3) is 0 Å². The third-order valence-corrected chi connectivity index (χ3v) is 2.58. The number of alkyl halides is 3. The molecule has 1 aromatic rings. The van der Waals surface area contributed by atoms with Crippen LogP contribution in [-0.4, -0.2) is 24.3 Å². The highest BCUT2D eigenvalue weighted by atomic mass is 19.4. The van der Waals surface area contributed by atoms with Crippen molar-refractivity contribution in [2.75, 3.05) is 13.2 Å². The van der Waals surface area contributed by atoms with E-state index in [1.54, 1.807) is 0 Å². The molecular weight excluding hydrogens is 273 g/mol. The standard InChI is InChI=1S/C14H15F3O3/c1-10(9-18)3-2-8-20-13(19)11-4-6-12(7-5-11)14(15,16)17/h4-7,18H,1-3,8-9H2. The first-order valence-corrected chi connectivity index (χ1v) is 5.96. The molecule has 0 unspecified atom stereocenters. The minimum absolute atomic E-state index is 0.0685. The van der Waals surface area contributed by atoms with Gasteiger partial charge < -0.3 is 9.84 Å². The lowest BCUT2D eigenvalue weighted by molar-refractivity contribution is -0.137. The first-order valence-electron chi connectivity index (χ1n) is 5.96. The first kappa shape index (κ1) is 16.2. The highest BCUT2D eigenvalue weighted by Crippen LogP contribution is 2.29. The van der Waals surface area contributed by atoms with Crippen LogP contribution in [0.1, 0.15) is 28.8 Å². The number of hydrogen-bond donors (Lipinski definition) is 1. The molecule has 0 saturated heterocycles. The minimum Gasteiger partial charge on any atom is -0.462 e. The topological polar surface area (TPSA) is 46.5 Å². The third-order valence-electron chi connectivity index (χ3n) is 2.58. The number of aliphatic hydroxyl groups excluding tert-OH is 1. The van der Waals surface area contributed by atoms with E-state index >= 15 is 0 Å². The third kappa shape index (κ3) is 5.05. The molecule has 0 aromatic heterocycles. The van der Waals surface area contributed by atoms with Gasteiger partial charge in [-0.1, -0.05) is 12.2 Å². The summed E-state index contributed by atoms with van der Waals surface area (Å²) in [6.07, 6.45) is -3.39. The quantitative estimate of drug-likeness (QED) is 0.497. The summed E-state index contributed by atoms with van der Waals surface area (Å²) in [6, 6.07) is 3.84. The van der Waals surface area contributed by atoms with Crippen molar-refractivity contribution in [3.05, 3.63) is 47.5 Å². The van der Waals surface area contributed by atoms with Crippen LogP contribution in [0.25, 0.3) is 0 Å². The van der Waals surface area contributed by atoms with Crippen LogP contribution in [0, 0.1) is 0 Å². The first-order chi connectivity index (χ1) is 9.34. The molecule has 3 nitrogen and oxygen atoms in total. The van der Waals surface area contributed by atoms with E-state index in [0.29, 0.717) is 18.4 Å². The number of ether oxygens (including phenoxy) is 1. The summed E-state index contributed by atoms with van der Waals surface area (Å²) < 4.78 is 41.9. The van der Waals surface area contributed by atoms with Crippen molar-refractivity contribution in [1.82, 2.24) is 0 Å². The number of halogens is 3. The zero-order chi connectivity index (χ0) is 15.2. The fourth-order valence-electron chi connectivity index (χ4n) is 1.44. The Kier molecular flexibility index (Phi) is 5.76. The molecule has 0 aliphatic heterocycles. The Bertz CT molecular complexity index is 464. The Morgan fingerprint density at radius 3 is 2.35 bits per heavy atom. The molecule has 0 radical (unpaired) electrons. The molecule has 0 aliphatic rings. The average Bonchev–Trinajstić information content (AvgIpc) is 2.42. The van der Waals surface area contributed by atoms with Crippen LogP contribution in [-0.2, 0) is 10.9 Å². The van der Waals surface area contributed by atoms with E-state index in [2.05, 4.69) is 6.58 Å². The van der Waals surface area contributed by atoms with E-state index in [4.69, 9.17) is 9.84 Å². The van der Waals surface area contributed by atoms with Gasteiger partial charge in [0.15, 0.2) is 0 Å². The number of aliphatic hydroxyl groups is 1. The van der Waals surface area contributed by atoms with Gasteiger partial charge in [0.2, 0.25) is 0 Å². The predicted octanol–water partition coefficient (Wildman–Crippen LogP) is 3.19. The molecule has 0 amide bonds. The van der Waals surface area contributed by atoms with Gasteiger partial charge in [-0.05, 0) is 37.1 Å². The fraction of sp³-hybridized carbons (Fsp3) is 0.357. The van der Waals surface area contributed by atoms with Crippen LogP contribution in [0.3, 0.4) is 0 Å². The number of carbonyl (C=O) groups excluding carboxylic acids is 1. The molecule has 20 heavy (non-hydrogen) atoms. The highest BCUT2D eigenvalue weighted by molar-refractivity contribution is 5.89. The predicted molar refractivity (Wildman–Crippen MR) is 67.2 cm³/mol. The van der Waals surface area contributed by atoms with E-state index in [-0.39, 0.29) is 18.8 Å². The summed E-state index contributed by atoms with van der Waals surface area (Å²) in [7, 11) is 0. The monoisotopic (exact) mass is 288 g/mol. The van der Waals surface area contributed by atoms with Crippen molar-refractivity contribution < 1.29 is 27.8 Å². The summed E-state index contributed by atoms with van der Waals surface area (Å²) in [5, 5.41) is 8.71. The Morgan fingerprint density at radius 2 is 1.85 bits per heavy atom. The molecule has 1 aromatic carbocycles. The van der Waals surface area contributed by atoms with Crippen LogP contribution in [0.15, 0.2) is 36.4 Å². The van der Waals surface area contributed by atoms with Crippen LogP contribution in [0.5, 0.6) is 0 Å². The summed E-state index contributed by atoms with van der Waals surface area (Å²) in [4.78, 5) is 11.5. The van der Waals surface area contributed by atoms with E-state index < -0.39 is 17.7 Å². The number of carbonyl (C=O) groups is 1. The van der Waals surface area contributed by atoms with E-state index in [0.717, 1.165) is 24.3 Å². The molecule has 0 fully saturated rings. The molecule has 110 valence electrons. The van der Waals surface area contributed by atoms with Gasteiger partial charge in [0.05, 0.1) is 24.3 Å². The molecule has 0 bridgehead atoms. The Morgan fingerprint density at radius 1 is 1.25 bits per heavy atom. The number of benzene rings is 1. The van der Waals surface area contributed by atoms with Crippen molar-refractivity contribution in [3.8, 4) is 0 Å². The van der Waals surface area contributed by atoms with Crippen molar-refractivity contribution >= 4 is 5.97 Å². The van der Waals surface area contributed by atoms with Crippen molar-refractivity contribution in [3.63, 3.8) is 0 Å². The Labute approximate surface area is 114 Å². The van der Waals surface area contributed by atoms with Gasteiger partial charge in [-0.3, -0.25) is 0 Å². The number of esters is 1.